The van der Waals surface area contributed by atoms with Crippen LogP contribution in [-0.4, -0.2) is 64.2 Å². The number of amides is 2. The van der Waals surface area contributed by atoms with Crippen LogP contribution in [0.1, 0.15) is 23.0 Å². The normalized spacial score (nSPS) is 18.9. The highest BCUT2D eigenvalue weighted by molar-refractivity contribution is 5.95. The van der Waals surface area contributed by atoms with Gasteiger partial charge in [0.05, 0.1) is 43.8 Å². The molecular formula is C13H18N4O3. The average Bonchev–Trinajstić information content (AvgIpc) is 2.90. The van der Waals surface area contributed by atoms with Gasteiger partial charge in [-0.15, -0.1) is 0 Å². The van der Waals surface area contributed by atoms with Crippen molar-refractivity contribution in [3.8, 4) is 0 Å². The van der Waals surface area contributed by atoms with Gasteiger partial charge in [-0.3, -0.25) is 14.3 Å². The molecule has 1 aromatic heterocycles. The van der Waals surface area contributed by atoms with Gasteiger partial charge in [0.2, 0.25) is 5.91 Å². The highest BCUT2D eigenvalue weighted by atomic mass is 16.5. The van der Waals surface area contributed by atoms with Crippen molar-refractivity contribution < 1.29 is 14.3 Å². The van der Waals surface area contributed by atoms with Crippen molar-refractivity contribution >= 4 is 11.8 Å². The Labute approximate surface area is 117 Å². The van der Waals surface area contributed by atoms with E-state index in [2.05, 4.69) is 5.10 Å². The van der Waals surface area contributed by atoms with Crippen molar-refractivity contribution in [2.45, 2.75) is 20.0 Å². The first-order chi connectivity index (χ1) is 9.66. The molecule has 3 heterocycles. The first-order valence-corrected chi connectivity index (χ1v) is 6.84. The molecule has 0 radical (unpaired) electrons. The minimum atomic E-state index is -0.0139. The largest absolute Gasteiger partial charge is 0.378 e. The van der Waals surface area contributed by atoms with E-state index in [9.17, 15) is 9.59 Å². The quantitative estimate of drug-likeness (QED) is 0.708. The molecule has 0 aromatic carbocycles. The summed E-state index contributed by atoms with van der Waals surface area (Å²) in [5, 5.41) is 4.27. The number of carbonyl (C=O) groups is 2. The van der Waals surface area contributed by atoms with E-state index in [4.69, 9.17) is 4.74 Å². The molecule has 1 aromatic rings. The number of nitrogens with zero attached hydrogens (tertiary/aromatic N) is 4. The van der Waals surface area contributed by atoms with Gasteiger partial charge in [0, 0.05) is 26.6 Å². The molecule has 0 bridgehead atoms. The zero-order valence-electron chi connectivity index (χ0n) is 11.5. The number of aromatic nitrogens is 2. The Bertz CT molecular complexity index is 534. The molecule has 2 aliphatic heterocycles. The fourth-order valence-electron chi connectivity index (χ4n) is 2.63. The van der Waals surface area contributed by atoms with E-state index in [-0.39, 0.29) is 11.8 Å². The Morgan fingerprint density at radius 2 is 1.90 bits per heavy atom. The predicted molar refractivity (Wildman–Crippen MR) is 70.0 cm³/mol. The Morgan fingerprint density at radius 1 is 1.15 bits per heavy atom. The van der Waals surface area contributed by atoms with Crippen LogP contribution in [0.5, 0.6) is 0 Å². The lowest BCUT2D eigenvalue weighted by Crippen LogP contribution is -2.42. The summed E-state index contributed by atoms with van der Waals surface area (Å²) in [5.41, 5.74) is 1.45. The first-order valence-electron chi connectivity index (χ1n) is 6.84. The van der Waals surface area contributed by atoms with Crippen LogP contribution >= 0.6 is 0 Å². The molecule has 0 atom stereocenters. The summed E-state index contributed by atoms with van der Waals surface area (Å²) in [4.78, 5) is 27.5. The first kappa shape index (κ1) is 13.1. The second-order valence-corrected chi connectivity index (χ2v) is 5.07. The minimum absolute atomic E-state index is 0.0139. The predicted octanol–water partition coefficient (Wildman–Crippen LogP) is -0.282. The molecule has 0 unspecified atom stereocenters. The van der Waals surface area contributed by atoms with Crippen molar-refractivity contribution in [1.29, 1.82) is 0 Å². The number of rotatable bonds is 1. The van der Waals surface area contributed by atoms with Crippen LogP contribution in [0.2, 0.25) is 0 Å². The Hall–Kier alpha value is -1.89. The topological polar surface area (TPSA) is 67.7 Å². The van der Waals surface area contributed by atoms with Gasteiger partial charge in [0.1, 0.15) is 0 Å². The summed E-state index contributed by atoms with van der Waals surface area (Å²) in [6.45, 7) is 5.68. The van der Waals surface area contributed by atoms with Gasteiger partial charge >= 0.3 is 0 Å². The molecule has 108 valence electrons. The lowest BCUT2D eigenvalue weighted by Gasteiger charge is -2.29. The van der Waals surface area contributed by atoms with Crippen molar-refractivity contribution in [1.82, 2.24) is 19.6 Å². The maximum Gasteiger partial charge on any atom is 0.257 e. The molecule has 2 aliphatic rings. The number of morpholine rings is 1. The lowest BCUT2D eigenvalue weighted by atomic mass is 10.1. The van der Waals surface area contributed by atoms with Crippen LogP contribution < -0.4 is 0 Å². The molecular weight excluding hydrogens is 260 g/mol. The van der Waals surface area contributed by atoms with Crippen molar-refractivity contribution in [3.05, 3.63) is 17.5 Å². The van der Waals surface area contributed by atoms with E-state index in [0.717, 1.165) is 5.69 Å². The third-order valence-electron chi connectivity index (χ3n) is 3.85. The molecule has 7 nitrogen and oxygen atoms in total. The van der Waals surface area contributed by atoms with Gasteiger partial charge in [-0.1, -0.05) is 0 Å². The van der Waals surface area contributed by atoms with Gasteiger partial charge in [0.15, 0.2) is 0 Å². The van der Waals surface area contributed by atoms with E-state index in [1.165, 1.54) is 0 Å². The molecule has 20 heavy (non-hydrogen) atoms. The van der Waals surface area contributed by atoms with Crippen LogP contribution in [-0.2, 0) is 22.6 Å². The van der Waals surface area contributed by atoms with Gasteiger partial charge in [-0.25, -0.2) is 0 Å². The minimum Gasteiger partial charge on any atom is -0.378 e. The Balaban J connectivity index is 1.83. The molecule has 2 amide bonds. The molecule has 3 rings (SSSR count). The fraction of sp³-hybridized carbons (Fsp3) is 0.615. The Kier molecular flexibility index (Phi) is 3.43. The summed E-state index contributed by atoms with van der Waals surface area (Å²) in [7, 11) is 0. The molecule has 7 heteroatoms. The molecule has 0 N–H and O–H groups in total. The van der Waals surface area contributed by atoms with Gasteiger partial charge in [-0.2, -0.15) is 5.10 Å². The highest BCUT2D eigenvalue weighted by Crippen LogP contribution is 2.18. The number of fused-ring (bicyclic) bond motifs is 1. The van der Waals surface area contributed by atoms with Crippen LogP contribution in [0.4, 0.5) is 0 Å². The van der Waals surface area contributed by atoms with E-state index >= 15 is 0 Å². The van der Waals surface area contributed by atoms with Gasteiger partial charge in [0.25, 0.3) is 5.91 Å². The Morgan fingerprint density at radius 3 is 2.60 bits per heavy atom. The van der Waals surface area contributed by atoms with E-state index in [1.54, 1.807) is 22.9 Å². The molecule has 0 aliphatic carbocycles. The average molecular weight is 278 g/mol. The zero-order valence-corrected chi connectivity index (χ0v) is 11.5. The van der Waals surface area contributed by atoms with Crippen LogP contribution in [0, 0.1) is 0 Å². The number of carbonyl (C=O) groups excluding carboxylic acids is 2. The molecule has 0 saturated carbocycles. The van der Waals surface area contributed by atoms with Crippen LogP contribution in [0.25, 0.3) is 0 Å². The lowest BCUT2D eigenvalue weighted by molar-refractivity contribution is -0.130. The van der Waals surface area contributed by atoms with E-state index in [1.807, 2.05) is 4.68 Å². The third kappa shape index (κ3) is 2.29. The number of hydrogen-bond acceptors (Lipinski definition) is 4. The molecule has 1 fully saturated rings. The van der Waals surface area contributed by atoms with Crippen molar-refractivity contribution in [3.63, 3.8) is 0 Å². The van der Waals surface area contributed by atoms with E-state index in [0.29, 0.717) is 51.5 Å². The van der Waals surface area contributed by atoms with Crippen LogP contribution in [0.3, 0.4) is 0 Å². The molecule has 0 spiro atoms. The summed E-state index contributed by atoms with van der Waals surface area (Å²) >= 11 is 0. The maximum atomic E-state index is 12.5. The second kappa shape index (κ2) is 5.24. The van der Waals surface area contributed by atoms with Crippen LogP contribution in [0.15, 0.2) is 6.20 Å². The summed E-state index contributed by atoms with van der Waals surface area (Å²) in [6, 6.07) is 0. The van der Waals surface area contributed by atoms with E-state index < -0.39 is 0 Å². The maximum absolute atomic E-state index is 12.5. The van der Waals surface area contributed by atoms with Gasteiger partial charge in [-0.05, 0) is 0 Å². The summed E-state index contributed by atoms with van der Waals surface area (Å²) < 4.78 is 7.09. The third-order valence-corrected chi connectivity index (χ3v) is 3.85. The van der Waals surface area contributed by atoms with Gasteiger partial charge < -0.3 is 14.5 Å². The smallest absolute Gasteiger partial charge is 0.257 e. The standard InChI is InChI=1S/C13H18N4O3/c1-10(18)16-2-3-17-12(9-16)11(8-14-17)13(19)15-4-6-20-7-5-15/h8H,2-7,9H2,1H3. The molecule has 1 saturated heterocycles. The number of hydrogen-bond donors (Lipinski definition) is 0. The van der Waals surface area contributed by atoms with Crippen molar-refractivity contribution in [2.75, 3.05) is 32.8 Å². The zero-order chi connectivity index (χ0) is 14.1. The second-order valence-electron chi connectivity index (χ2n) is 5.07. The highest BCUT2D eigenvalue weighted by Gasteiger charge is 2.28. The number of ether oxygens (including phenoxy) is 1. The summed E-state index contributed by atoms with van der Waals surface area (Å²) in [5.74, 6) is 0.0159. The van der Waals surface area contributed by atoms with Crippen molar-refractivity contribution in [2.24, 2.45) is 0 Å². The summed E-state index contributed by atoms with van der Waals surface area (Å²) in [6.07, 6.45) is 1.62. The SMILES string of the molecule is CC(=O)N1CCn2ncc(C(=O)N3CCOCC3)c2C1. The fourth-order valence-corrected chi connectivity index (χ4v) is 2.63. The monoisotopic (exact) mass is 278 g/mol.